The zero-order chi connectivity index (χ0) is 13.2. The zero-order valence-corrected chi connectivity index (χ0v) is 12.6. The van der Waals surface area contributed by atoms with Gasteiger partial charge in [0.2, 0.25) is 0 Å². The molecule has 2 nitrogen and oxygen atoms in total. The molecule has 0 aromatic heterocycles. The van der Waals surface area contributed by atoms with Crippen LogP contribution in [0.15, 0.2) is 0 Å². The van der Waals surface area contributed by atoms with Crippen LogP contribution in [0.1, 0.15) is 64.7 Å². The molecule has 0 heterocycles. The Kier molecular flexibility index (Phi) is 4.48. The molecule has 0 amide bonds. The molecule has 1 N–H and O–H groups in total. The number of hydrogen-bond donors (Lipinski definition) is 1. The Morgan fingerprint density at radius 3 is 2.00 bits per heavy atom. The van der Waals surface area contributed by atoms with Gasteiger partial charge in [0.25, 0.3) is 0 Å². The highest BCUT2D eigenvalue weighted by Crippen LogP contribution is 2.38. The van der Waals surface area contributed by atoms with Gasteiger partial charge in [-0.15, -0.1) is 0 Å². The second-order valence-electron chi connectivity index (χ2n) is 7.44. The molecule has 0 aromatic rings. The van der Waals surface area contributed by atoms with Crippen molar-refractivity contribution in [3.05, 3.63) is 0 Å². The first kappa shape index (κ1) is 13.9. The predicted molar refractivity (Wildman–Crippen MR) is 79.1 cm³/mol. The van der Waals surface area contributed by atoms with E-state index in [2.05, 4.69) is 11.8 Å². The van der Waals surface area contributed by atoms with E-state index in [0.717, 1.165) is 24.2 Å². The van der Waals surface area contributed by atoms with Gasteiger partial charge in [-0.2, -0.15) is 0 Å². The standard InChI is InChI=1S/C17H31NO/c1-2-3-13-8-9-17(19)16(10-13)18(11-14-4-5-14)12-15-6-7-15/h13-17,19H,2-12H2,1H3. The van der Waals surface area contributed by atoms with Gasteiger partial charge in [0.15, 0.2) is 0 Å². The van der Waals surface area contributed by atoms with Crippen LogP contribution in [0.2, 0.25) is 0 Å². The fourth-order valence-corrected chi connectivity index (χ4v) is 3.89. The molecule has 3 aliphatic carbocycles. The molecule has 3 atom stereocenters. The van der Waals surface area contributed by atoms with Gasteiger partial charge < -0.3 is 5.11 Å². The van der Waals surface area contributed by atoms with Crippen molar-refractivity contribution in [2.45, 2.75) is 76.9 Å². The summed E-state index contributed by atoms with van der Waals surface area (Å²) in [5, 5.41) is 10.5. The number of aliphatic hydroxyl groups excluding tert-OH is 1. The molecule has 19 heavy (non-hydrogen) atoms. The highest BCUT2D eigenvalue weighted by atomic mass is 16.3. The minimum Gasteiger partial charge on any atom is -0.391 e. The molecule has 3 saturated carbocycles. The normalized spacial score (nSPS) is 35.8. The smallest absolute Gasteiger partial charge is 0.0695 e. The molecule has 110 valence electrons. The Morgan fingerprint density at radius 2 is 1.47 bits per heavy atom. The van der Waals surface area contributed by atoms with Gasteiger partial charge in [0.1, 0.15) is 0 Å². The van der Waals surface area contributed by atoms with Crippen LogP contribution in [0.3, 0.4) is 0 Å². The van der Waals surface area contributed by atoms with Gasteiger partial charge in [-0.1, -0.05) is 19.8 Å². The molecule has 0 aliphatic heterocycles. The Bertz CT molecular complexity index is 271. The second kappa shape index (κ2) is 6.13. The van der Waals surface area contributed by atoms with Gasteiger partial charge >= 0.3 is 0 Å². The maximum absolute atomic E-state index is 10.5. The van der Waals surface area contributed by atoms with Crippen LogP contribution in [-0.4, -0.2) is 35.2 Å². The summed E-state index contributed by atoms with van der Waals surface area (Å²) in [5.74, 6) is 2.79. The Balaban J connectivity index is 1.59. The molecular weight excluding hydrogens is 234 g/mol. The molecule has 3 aliphatic rings. The maximum atomic E-state index is 10.5. The Morgan fingerprint density at radius 1 is 0.895 bits per heavy atom. The van der Waals surface area contributed by atoms with E-state index in [1.807, 2.05) is 0 Å². The Hall–Kier alpha value is -0.0800. The van der Waals surface area contributed by atoms with E-state index in [1.54, 1.807) is 0 Å². The van der Waals surface area contributed by atoms with Crippen molar-refractivity contribution in [2.75, 3.05) is 13.1 Å². The van der Waals surface area contributed by atoms with Crippen LogP contribution in [0.4, 0.5) is 0 Å². The third-order valence-electron chi connectivity index (χ3n) is 5.43. The first-order valence-corrected chi connectivity index (χ1v) is 8.68. The van der Waals surface area contributed by atoms with Crippen molar-refractivity contribution in [2.24, 2.45) is 17.8 Å². The fourth-order valence-electron chi connectivity index (χ4n) is 3.89. The lowest BCUT2D eigenvalue weighted by atomic mass is 9.80. The summed E-state index contributed by atoms with van der Waals surface area (Å²) in [7, 11) is 0. The van der Waals surface area contributed by atoms with Crippen LogP contribution >= 0.6 is 0 Å². The average molecular weight is 265 g/mol. The van der Waals surface area contributed by atoms with Gasteiger partial charge in [0, 0.05) is 19.1 Å². The molecule has 2 heteroatoms. The monoisotopic (exact) mass is 265 g/mol. The first-order chi connectivity index (χ1) is 9.26. The Labute approximate surface area is 118 Å². The lowest BCUT2D eigenvalue weighted by molar-refractivity contribution is -0.00245. The fraction of sp³-hybridized carbons (Fsp3) is 1.00. The largest absolute Gasteiger partial charge is 0.391 e. The van der Waals surface area contributed by atoms with Crippen LogP contribution in [-0.2, 0) is 0 Å². The minimum absolute atomic E-state index is 0.0504. The lowest BCUT2D eigenvalue weighted by Gasteiger charge is -2.41. The number of hydrogen-bond acceptors (Lipinski definition) is 2. The highest BCUT2D eigenvalue weighted by Gasteiger charge is 2.38. The summed E-state index contributed by atoms with van der Waals surface area (Å²) in [6.45, 7) is 4.85. The number of aliphatic hydroxyl groups is 1. The summed E-state index contributed by atoms with van der Waals surface area (Å²) in [6.07, 6.45) is 11.9. The van der Waals surface area contributed by atoms with E-state index in [-0.39, 0.29) is 6.10 Å². The van der Waals surface area contributed by atoms with E-state index < -0.39 is 0 Å². The van der Waals surface area contributed by atoms with Crippen molar-refractivity contribution in [1.29, 1.82) is 0 Å². The van der Waals surface area contributed by atoms with Crippen LogP contribution in [0.5, 0.6) is 0 Å². The number of nitrogens with zero attached hydrogens (tertiary/aromatic N) is 1. The predicted octanol–water partition coefficient (Wildman–Crippen LogP) is 3.44. The lowest BCUT2D eigenvalue weighted by Crippen LogP contribution is -2.49. The van der Waals surface area contributed by atoms with E-state index in [1.165, 1.54) is 64.5 Å². The van der Waals surface area contributed by atoms with Gasteiger partial charge in [-0.3, -0.25) is 4.90 Å². The highest BCUT2D eigenvalue weighted by molar-refractivity contribution is 4.91. The molecule has 0 saturated heterocycles. The van der Waals surface area contributed by atoms with E-state index in [4.69, 9.17) is 0 Å². The summed E-state index contributed by atoms with van der Waals surface area (Å²) >= 11 is 0. The minimum atomic E-state index is -0.0504. The maximum Gasteiger partial charge on any atom is 0.0695 e. The molecule has 0 bridgehead atoms. The molecule has 3 fully saturated rings. The van der Waals surface area contributed by atoms with Crippen molar-refractivity contribution in [3.8, 4) is 0 Å². The van der Waals surface area contributed by atoms with Crippen molar-refractivity contribution >= 4 is 0 Å². The second-order valence-corrected chi connectivity index (χ2v) is 7.44. The van der Waals surface area contributed by atoms with Crippen LogP contribution in [0, 0.1) is 17.8 Å². The third-order valence-corrected chi connectivity index (χ3v) is 5.43. The van der Waals surface area contributed by atoms with Crippen molar-refractivity contribution < 1.29 is 5.11 Å². The topological polar surface area (TPSA) is 23.5 Å². The quantitative estimate of drug-likeness (QED) is 0.762. The zero-order valence-electron chi connectivity index (χ0n) is 12.6. The molecule has 0 spiro atoms. The van der Waals surface area contributed by atoms with E-state index in [0.29, 0.717) is 6.04 Å². The molecule has 0 aromatic carbocycles. The third kappa shape index (κ3) is 3.95. The molecule has 0 radical (unpaired) electrons. The van der Waals surface area contributed by atoms with Crippen LogP contribution < -0.4 is 0 Å². The number of rotatable bonds is 7. The SMILES string of the molecule is CCCC1CCC(O)C(N(CC2CC2)CC2CC2)C1. The van der Waals surface area contributed by atoms with Crippen molar-refractivity contribution in [1.82, 2.24) is 4.90 Å². The van der Waals surface area contributed by atoms with E-state index >= 15 is 0 Å². The summed E-state index contributed by atoms with van der Waals surface area (Å²) in [4.78, 5) is 2.70. The summed E-state index contributed by atoms with van der Waals surface area (Å²) in [5.41, 5.74) is 0. The summed E-state index contributed by atoms with van der Waals surface area (Å²) in [6, 6.07) is 0.478. The molecular formula is C17H31NO. The van der Waals surface area contributed by atoms with Crippen molar-refractivity contribution in [3.63, 3.8) is 0 Å². The van der Waals surface area contributed by atoms with Gasteiger partial charge in [0.05, 0.1) is 6.10 Å². The van der Waals surface area contributed by atoms with Gasteiger partial charge in [-0.25, -0.2) is 0 Å². The van der Waals surface area contributed by atoms with Crippen LogP contribution in [0.25, 0.3) is 0 Å². The van der Waals surface area contributed by atoms with E-state index in [9.17, 15) is 5.11 Å². The molecule has 3 unspecified atom stereocenters. The molecule has 3 rings (SSSR count). The van der Waals surface area contributed by atoms with Gasteiger partial charge in [-0.05, 0) is 62.7 Å². The summed E-state index contributed by atoms with van der Waals surface area (Å²) < 4.78 is 0. The first-order valence-electron chi connectivity index (χ1n) is 8.68. The average Bonchev–Trinajstić information content (AvgIpc) is 3.26.